The quantitative estimate of drug-likeness (QED) is 0.854. The van der Waals surface area contributed by atoms with Crippen molar-refractivity contribution in [2.75, 3.05) is 6.61 Å². The third kappa shape index (κ3) is 1.98. The van der Waals surface area contributed by atoms with Gasteiger partial charge >= 0.3 is 0 Å². The number of nitrogens with zero attached hydrogens (tertiary/aromatic N) is 2. The first-order chi connectivity index (χ1) is 7.63. The monoisotopic (exact) mass is 239 g/mol. The summed E-state index contributed by atoms with van der Waals surface area (Å²) in [6.07, 6.45) is 2.04. The molecule has 0 radical (unpaired) electrons. The van der Waals surface area contributed by atoms with E-state index in [1.807, 2.05) is 25.4 Å². The van der Waals surface area contributed by atoms with Crippen molar-refractivity contribution >= 4 is 16.3 Å². The van der Waals surface area contributed by atoms with E-state index < -0.39 is 0 Å². The number of aromatic nitrogens is 2. The summed E-state index contributed by atoms with van der Waals surface area (Å²) in [5, 5.41) is 14.4. The molecule has 88 valence electrons. The van der Waals surface area contributed by atoms with E-state index in [1.165, 1.54) is 5.69 Å². The third-order valence-corrected chi connectivity index (χ3v) is 3.46. The van der Waals surface area contributed by atoms with Gasteiger partial charge in [0.15, 0.2) is 4.96 Å². The van der Waals surface area contributed by atoms with Gasteiger partial charge in [-0.05, 0) is 20.8 Å². The Morgan fingerprint density at radius 1 is 1.56 bits per heavy atom. The lowest BCUT2D eigenvalue weighted by molar-refractivity contribution is 0.242. The molecule has 0 aliphatic rings. The molecule has 0 saturated heterocycles. The summed E-state index contributed by atoms with van der Waals surface area (Å²) in [6, 6.07) is 0.283. The van der Waals surface area contributed by atoms with Gasteiger partial charge in [-0.15, -0.1) is 11.3 Å². The van der Waals surface area contributed by atoms with Crippen molar-refractivity contribution in [3.8, 4) is 0 Å². The summed E-state index contributed by atoms with van der Waals surface area (Å²) in [5.74, 6) is 0. The number of nitrogens with one attached hydrogen (secondary N) is 1. The number of aliphatic hydroxyl groups excluding tert-OH is 1. The average molecular weight is 239 g/mol. The van der Waals surface area contributed by atoms with Crippen LogP contribution in [0.1, 0.15) is 31.3 Å². The number of fused-ring (bicyclic) bond motifs is 1. The first-order valence-corrected chi connectivity index (χ1v) is 6.30. The van der Waals surface area contributed by atoms with Crippen molar-refractivity contribution in [1.29, 1.82) is 0 Å². The average Bonchev–Trinajstić information content (AvgIpc) is 2.76. The lowest BCUT2D eigenvalue weighted by Gasteiger charge is -2.18. The Hall–Kier alpha value is -0.910. The summed E-state index contributed by atoms with van der Waals surface area (Å²) in [4.78, 5) is 5.53. The van der Waals surface area contributed by atoms with Gasteiger partial charge in [0.1, 0.15) is 0 Å². The molecule has 2 aromatic rings. The lowest BCUT2D eigenvalue weighted by Crippen LogP contribution is -2.32. The SMILES string of the molecule is Cc1nc2sccn2c1C(C)N[C@H](C)CO. The number of imidazole rings is 1. The highest BCUT2D eigenvalue weighted by Gasteiger charge is 2.17. The summed E-state index contributed by atoms with van der Waals surface area (Å²) in [6.45, 7) is 6.24. The predicted molar refractivity (Wildman–Crippen MR) is 65.9 cm³/mol. The van der Waals surface area contributed by atoms with Gasteiger partial charge in [-0.3, -0.25) is 4.40 Å². The van der Waals surface area contributed by atoms with Gasteiger partial charge in [0.25, 0.3) is 0 Å². The molecule has 0 fully saturated rings. The number of aryl methyl sites for hydroxylation is 1. The van der Waals surface area contributed by atoms with Crippen molar-refractivity contribution < 1.29 is 5.11 Å². The van der Waals surface area contributed by atoms with Gasteiger partial charge in [0, 0.05) is 23.7 Å². The Morgan fingerprint density at radius 3 is 3.00 bits per heavy atom. The third-order valence-electron chi connectivity index (χ3n) is 2.70. The highest BCUT2D eigenvalue weighted by molar-refractivity contribution is 7.15. The summed E-state index contributed by atoms with van der Waals surface area (Å²) >= 11 is 1.64. The van der Waals surface area contributed by atoms with Gasteiger partial charge < -0.3 is 10.4 Å². The van der Waals surface area contributed by atoms with Crippen LogP contribution in [0.2, 0.25) is 0 Å². The Balaban J connectivity index is 2.30. The fraction of sp³-hybridized carbons (Fsp3) is 0.545. The molecule has 0 bridgehead atoms. The molecular formula is C11H17N3OS. The Morgan fingerprint density at radius 2 is 2.31 bits per heavy atom. The second kappa shape index (κ2) is 4.53. The van der Waals surface area contributed by atoms with Crippen LogP contribution in [0.5, 0.6) is 0 Å². The molecule has 0 aromatic carbocycles. The van der Waals surface area contributed by atoms with Gasteiger partial charge in [-0.25, -0.2) is 4.98 Å². The molecule has 0 saturated carbocycles. The molecule has 1 unspecified atom stereocenters. The number of hydrogen-bond donors (Lipinski definition) is 2. The zero-order valence-electron chi connectivity index (χ0n) is 9.77. The van der Waals surface area contributed by atoms with Crippen molar-refractivity contribution in [1.82, 2.24) is 14.7 Å². The van der Waals surface area contributed by atoms with E-state index in [-0.39, 0.29) is 18.7 Å². The molecule has 2 atom stereocenters. The van der Waals surface area contributed by atoms with Crippen LogP contribution in [0.25, 0.3) is 4.96 Å². The van der Waals surface area contributed by atoms with Crippen molar-refractivity contribution in [2.24, 2.45) is 0 Å². The molecule has 2 N–H and O–H groups in total. The van der Waals surface area contributed by atoms with Crippen LogP contribution in [0.15, 0.2) is 11.6 Å². The molecule has 0 spiro atoms. The minimum Gasteiger partial charge on any atom is -0.395 e. The molecule has 16 heavy (non-hydrogen) atoms. The highest BCUT2D eigenvalue weighted by atomic mass is 32.1. The van der Waals surface area contributed by atoms with Crippen molar-refractivity contribution in [2.45, 2.75) is 32.9 Å². The Bertz CT molecular complexity index is 476. The number of rotatable bonds is 4. The topological polar surface area (TPSA) is 49.6 Å². The van der Waals surface area contributed by atoms with Crippen molar-refractivity contribution in [3.63, 3.8) is 0 Å². The zero-order valence-corrected chi connectivity index (χ0v) is 10.6. The van der Waals surface area contributed by atoms with Crippen LogP contribution in [0.3, 0.4) is 0 Å². The predicted octanol–water partition coefficient (Wildman–Crippen LogP) is 1.74. The van der Waals surface area contributed by atoms with E-state index in [0.717, 1.165) is 10.7 Å². The molecular weight excluding hydrogens is 222 g/mol. The Labute approximate surface area is 98.9 Å². The molecule has 0 aliphatic carbocycles. The largest absolute Gasteiger partial charge is 0.395 e. The molecule has 0 aliphatic heterocycles. The van der Waals surface area contributed by atoms with Crippen LogP contribution in [0, 0.1) is 6.92 Å². The minimum atomic E-state index is 0.0959. The smallest absolute Gasteiger partial charge is 0.194 e. The maximum atomic E-state index is 9.04. The van der Waals surface area contributed by atoms with Gasteiger partial charge in [-0.1, -0.05) is 0 Å². The fourth-order valence-corrected chi connectivity index (χ4v) is 2.76. The lowest BCUT2D eigenvalue weighted by atomic mass is 10.2. The standard InChI is InChI=1S/C11H17N3OS/c1-7(6-15)12-8(2)10-9(3)13-11-14(10)4-5-16-11/h4-5,7-8,12,15H,6H2,1-3H3/t7-,8?/m1/s1. The van der Waals surface area contributed by atoms with E-state index in [9.17, 15) is 0 Å². The summed E-state index contributed by atoms with van der Waals surface area (Å²) in [7, 11) is 0. The molecule has 2 aromatic heterocycles. The van der Waals surface area contributed by atoms with E-state index in [4.69, 9.17) is 5.11 Å². The second-order valence-corrected chi connectivity index (χ2v) is 4.98. The fourth-order valence-electron chi connectivity index (χ4n) is 1.99. The molecule has 2 rings (SSSR count). The number of thiazole rings is 1. The van der Waals surface area contributed by atoms with E-state index in [2.05, 4.69) is 21.6 Å². The first-order valence-electron chi connectivity index (χ1n) is 5.42. The van der Waals surface area contributed by atoms with Gasteiger partial charge in [0.05, 0.1) is 18.0 Å². The normalized spacial score (nSPS) is 15.5. The summed E-state index contributed by atoms with van der Waals surface area (Å²) < 4.78 is 2.11. The number of aliphatic hydroxyl groups is 1. The van der Waals surface area contributed by atoms with E-state index in [0.29, 0.717) is 0 Å². The van der Waals surface area contributed by atoms with Crippen LogP contribution in [-0.4, -0.2) is 27.1 Å². The molecule has 2 heterocycles. The molecule has 0 amide bonds. The minimum absolute atomic E-state index is 0.0959. The van der Waals surface area contributed by atoms with E-state index in [1.54, 1.807) is 11.3 Å². The first kappa shape index (κ1) is 11.6. The van der Waals surface area contributed by atoms with Crippen LogP contribution in [0.4, 0.5) is 0 Å². The van der Waals surface area contributed by atoms with Crippen LogP contribution >= 0.6 is 11.3 Å². The van der Waals surface area contributed by atoms with E-state index >= 15 is 0 Å². The second-order valence-electron chi connectivity index (χ2n) is 4.11. The van der Waals surface area contributed by atoms with Gasteiger partial charge in [0.2, 0.25) is 0 Å². The maximum Gasteiger partial charge on any atom is 0.194 e. The molecule has 5 heteroatoms. The highest BCUT2D eigenvalue weighted by Crippen LogP contribution is 2.22. The molecule has 4 nitrogen and oxygen atoms in total. The maximum absolute atomic E-state index is 9.04. The van der Waals surface area contributed by atoms with Crippen molar-refractivity contribution in [3.05, 3.63) is 23.0 Å². The zero-order chi connectivity index (χ0) is 11.7. The Kier molecular flexibility index (Phi) is 3.28. The number of hydrogen-bond acceptors (Lipinski definition) is 4. The summed E-state index contributed by atoms with van der Waals surface area (Å²) in [5.41, 5.74) is 2.23. The van der Waals surface area contributed by atoms with Crippen LogP contribution in [-0.2, 0) is 0 Å². The van der Waals surface area contributed by atoms with Gasteiger partial charge in [-0.2, -0.15) is 0 Å². The van der Waals surface area contributed by atoms with Crippen LogP contribution < -0.4 is 5.32 Å².